The molecular weight excluding hydrogens is 534 g/mol. The Hall–Kier alpha value is -0.136. The molecular formula is C27H51GaN2Si4. The molecule has 0 unspecified atom stereocenters. The van der Waals surface area contributed by atoms with Crippen LogP contribution in [0.1, 0.15) is 11.1 Å². The van der Waals surface area contributed by atoms with Crippen LogP contribution in [0.4, 0.5) is 0 Å². The Labute approximate surface area is 224 Å². The van der Waals surface area contributed by atoms with Gasteiger partial charge >= 0.3 is 136 Å². The van der Waals surface area contributed by atoms with Crippen molar-refractivity contribution in [3.05, 3.63) is 59.7 Å². The fraction of sp³-hybridized carbons (Fsp3) is 0.556. The van der Waals surface area contributed by atoms with Crippen molar-refractivity contribution in [2.75, 3.05) is 28.2 Å². The molecule has 2 aromatic carbocycles. The quantitative estimate of drug-likeness (QED) is 0.374. The fourth-order valence-electron chi connectivity index (χ4n) is 5.86. The van der Waals surface area contributed by atoms with Crippen molar-refractivity contribution in [1.82, 2.24) is 9.80 Å². The molecule has 0 aliphatic carbocycles. The Bertz CT molecular complexity index is 796. The van der Waals surface area contributed by atoms with Crippen molar-refractivity contribution in [1.29, 1.82) is 0 Å². The van der Waals surface area contributed by atoms with Crippen LogP contribution in [0.3, 0.4) is 0 Å². The predicted molar refractivity (Wildman–Crippen MR) is 168 cm³/mol. The van der Waals surface area contributed by atoms with Gasteiger partial charge in [0.05, 0.1) is 0 Å². The molecule has 7 heteroatoms. The van der Waals surface area contributed by atoms with Crippen LogP contribution in [0, 0.1) is 0 Å². The van der Waals surface area contributed by atoms with Gasteiger partial charge in [0.25, 0.3) is 0 Å². The molecule has 0 aliphatic rings. The minimum absolute atomic E-state index is 0.0255. The Morgan fingerprint density at radius 3 is 1.09 bits per heavy atom. The van der Waals surface area contributed by atoms with Gasteiger partial charge in [-0.05, 0) is 0 Å². The summed E-state index contributed by atoms with van der Waals surface area (Å²) in [6, 6.07) is 17.9. The molecule has 2 radical (unpaired) electrons. The molecule has 34 heavy (non-hydrogen) atoms. The third kappa shape index (κ3) is 11.3. The molecule has 2 aromatic rings. The molecule has 0 amide bonds. The zero-order valence-electron chi connectivity index (χ0n) is 24.5. The summed E-state index contributed by atoms with van der Waals surface area (Å²) in [7, 11) is 6.09. The van der Waals surface area contributed by atoms with Gasteiger partial charge in [0.15, 0.2) is 0 Å². The summed E-state index contributed by atoms with van der Waals surface area (Å²) in [5, 5.41) is 0. The minimum Gasteiger partial charge on any atom is -0.0721 e. The number of hydrogen-bond donors (Lipinski definition) is 0. The third-order valence-corrected chi connectivity index (χ3v) is 67.8. The van der Waals surface area contributed by atoms with Crippen molar-refractivity contribution in [3.8, 4) is 0 Å². The Kier molecular flexibility index (Phi) is 12.6. The van der Waals surface area contributed by atoms with E-state index in [1.54, 1.807) is 8.24 Å². The predicted octanol–water partition coefficient (Wildman–Crippen LogP) is 5.20. The molecule has 2 nitrogen and oxygen atoms in total. The average Bonchev–Trinajstić information content (AvgIpc) is 2.60. The first-order valence-electron chi connectivity index (χ1n) is 12.6. The largest absolute Gasteiger partial charge is 0.0721 e. The van der Waals surface area contributed by atoms with E-state index in [0.717, 1.165) is 13.1 Å². The zero-order valence-corrected chi connectivity index (χ0v) is 30.9. The van der Waals surface area contributed by atoms with Crippen LogP contribution in [0.2, 0.25) is 58.9 Å². The maximum absolute atomic E-state index is 2.61. The van der Waals surface area contributed by atoms with Gasteiger partial charge in [-0.2, -0.15) is 0 Å². The van der Waals surface area contributed by atoms with Gasteiger partial charge in [-0.1, -0.05) is 58.9 Å². The maximum atomic E-state index is 2.61. The van der Waals surface area contributed by atoms with E-state index in [-0.39, 0.29) is 7.35 Å². The number of hydrogen-bond acceptors (Lipinski definition) is 2. The van der Waals surface area contributed by atoms with Crippen LogP contribution in [-0.4, -0.2) is 85.5 Å². The molecule has 0 aliphatic heterocycles. The number of benzene rings is 2. The molecule has 0 fully saturated rings. The molecule has 2 rings (SSSR count). The van der Waals surface area contributed by atoms with E-state index in [0.29, 0.717) is 0 Å². The minimum atomic E-state index is -0.832. The second kappa shape index (κ2) is 13.4. The molecule has 0 spiro atoms. The smallest absolute Gasteiger partial charge is 0.0306 e. The maximum Gasteiger partial charge on any atom is 0.0306 e. The summed E-state index contributed by atoms with van der Waals surface area (Å²) in [6.07, 6.45) is 0. The van der Waals surface area contributed by atoms with Gasteiger partial charge in [-0.3, -0.25) is 0 Å². The summed E-state index contributed by atoms with van der Waals surface area (Å²) in [6.45, 7) is 25.5. The number of nitrogens with zero attached hydrogens (tertiary/aromatic N) is 2. The molecule has 0 aromatic heterocycles. The first-order chi connectivity index (χ1) is 15.4. The van der Waals surface area contributed by atoms with E-state index in [1.165, 1.54) is 11.1 Å². The van der Waals surface area contributed by atoms with Crippen molar-refractivity contribution in [3.63, 3.8) is 0 Å². The molecule has 0 bridgehead atoms. The second-order valence-corrected chi connectivity index (χ2v) is 53.1. The fourth-order valence-corrected chi connectivity index (χ4v) is 96.7. The average molecular weight is 586 g/mol. The summed E-state index contributed by atoms with van der Waals surface area (Å²) in [5.41, 5.74) is 2.98. The monoisotopic (exact) mass is 584 g/mol. The molecule has 0 heterocycles. The van der Waals surface area contributed by atoms with Gasteiger partial charge in [-0.25, -0.2) is 0 Å². The molecule has 0 saturated heterocycles. The summed E-state index contributed by atoms with van der Waals surface area (Å²) >= 11 is -0.611. The van der Waals surface area contributed by atoms with Crippen molar-refractivity contribution in [2.45, 2.75) is 72.0 Å². The van der Waals surface area contributed by atoms with Crippen molar-refractivity contribution < 1.29 is 0 Å². The standard InChI is InChI=1S/2C9H12N.C9H27Si4.Ga/c2*1-10(2)8-9-6-4-3-5-7-9;1-11(2,3)10(12(4,5)6)13(7,8)9;/h2*3-6H,8H2,1-2H3;1-9H3;. The van der Waals surface area contributed by atoms with E-state index in [2.05, 4.69) is 145 Å². The van der Waals surface area contributed by atoms with Gasteiger partial charge in [-0.15, -0.1) is 0 Å². The van der Waals surface area contributed by atoms with E-state index >= 15 is 0 Å². The summed E-state index contributed by atoms with van der Waals surface area (Å²) < 4.78 is 3.17. The van der Waals surface area contributed by atoms with Crippen LogP contribution in [0.25, 0.3) is 0 Å². The van der Waals surface area contributed by atoms with E-state index in [4.69, 9.17) is 0 Å². The SMILES string of the molecule is CN(C)Cc1cccc[c]1[Ga][c]1ccccc1CN(C)C.C[Si](C)(C)[Si]([Si](C)(C)C)[Si](C)(C)C. The van der Waals surface area contributed by atoms with Crippen LogP contribution >= 0.6 is 0 Å². The Morgan fingerprint density at radius 1 is 0.559 bits per heavy atom. The topological polar surface area (TPSA) is 6.48 Å². The molecule has 188 valence electrons. The molecule has 0 atom stereocenters. The van der Waals surface area contributed by atoms with E-state index in [1.807, 2.05) is 0 Å². The molecule has 0 saturated carbocycles. The summed E-state index contributed by atoms with van der Waals surface area (Å²) in [4.78, 5) is 4.50. The van der Waals surface area contributed by atoms with Gasteiger partial charge in [0, 0.05) is 30.1 Å². The zero-order chi connectivity index (χ0) is 26.3. The van der Waals surface area contributed by atoms with Crippen molar-refractivity contribution in [2.24, 2.45) is 0 Å². The van der Waals surface area contributed by atoms with Crippen molar-refractivity contribution >= 4 is 55.8 Å². The van der Waals surface area contributed by atoms with Crippen LogP contribution in [0.5, 0.6) is 0 Å². The van der Waals surface area contributed by atoms with E-state index < -0.39 is 40.2 Å². The van der Waals surface area contributed by atoms with Crippen LogP contribution in [0.15, 0.2) is 48.5 Å². The third-order valence-electron chi connectivity index (χ3n) is 5.64. The van der Waals surface area contributed by atoms with Crippen LogP contribution in [-0.2, 0) is 13.1 Å². The Morgan fingerprint density at radius 2 is 0.853 bits per heavy atom. The summed E-state index contributed by atoms with van der Waals surface area (Å²) in [5.74, 6) is 0. The van der Waals surface area contributed by atoms with Gasteiger partial charge < -0.3 is 0 Å². The van der Waals surface area contributed by atoms with E-state index in [9.17, 15) is 0 Å². The van der Waals surface area contributed by atoms with Gasteiger partial charge in [0.1, 0.15) is 0 Å². The second-order valence-electron chi connectivity index (χ2n) is 13.1. The normalized spacial score (nSPS) is 12.7. The number of rotatable bonds is 9. The Balaban J connectivity index is 0.000000385. The first kappa shape index (κ1) is 31.9. The first-order valence-corrected chi connectivity index (χ1v) is 30.0. The molecule has 0 N–H and O–H groups in total. The van der Waals surface area contributed by atoms with Crippen LogP contribution < -0.4 is 8.24 Å². The van der Waals surface area contributed by atoms with Gasteiger partial charge in [0.2, 0.25) is 0 Å².